The van der Waals surface area contributed by atoms with Gasteiger partial charge in [-0.1, -0.05) is 12.1 Å². The second-order valence-corrected chi connectivity index (χ2v) is 8.37. The fraction of sp³-hybridized carbons (Fsp3) is 0.174. The number of aromatic nitrogens is 6. The van der Waals surface area contributed by atoms with Gasteiger partial charge in [0, 0.05) is 13.1 Å². The van der Waals surface area contributed by atoms with Crippen molar-refractivity contribution in [1.82, 2.24) is 29.1 Å². The number of anilines is 1. The first-order valence-electron chi connectivity index (χ1n) is 10.4. The predicted octanol–water partition coefficient (Wildman–Crippen LogP) is 2.99. The predicted molar refractivity (Wildman–Crippen MR) is 129 cm³/mol. The molecule has 0 saturated heterocycles. The molecule has 0 saturated carbocycles. The van der Waals surface area contributed by atoms with Gasteiger partial charge in [-0.05, 0) is 42.1 Å². The van der Waals surface area contributed by atoms with Crippen molar-refractivity contribution < 1.29 is 9.47 Å². The molecule has 0 amide bonds. The van der Waals surface area contributed by atoms with Gasteiger partial charge in [0.15, 0.2) is 22.1 Å². The van der Waals surface area contributed by atoms with Crippen LogP contribution in [-0.4, -0.2) is 43.3 Å². The van der Waals surface area contributed by atoms with Crippen LogP contribution in [0.5, 0.6) is 11.5 Å². The van der Waals surface area contributed by atoms with Gasteiger partial charge in [-0.3, -0.25) is 9.36 Å². The van der Waals surface area contributed by atoms with Crippen LogP contribution in [0.1, 0.15) is 0 Å². The second kappa shape index (κ2) is 9.02. The van der Waals surface area contributed by atoms with Crippen molar-refractivity contribution in [3.05, 3.63) is 65.5 Å². The summed E-state index contributed by atoms with van der Waals surface area (Å²) in [6.07, 6.45) is 2.96. The molecule has 11 heteroatoms. The topological polar surface area (TPSA) is 123 Å². The van der Waals surface area contributed by atoms with E-state index in [9.17, 15) is 4.79 Å². The first kappa shape index (κ1) is 21.7. The number of fused-ring (bicyclic) bond motifs is 2. The van der Waals surface area contributed by atoms with E-state index in [1.54, 1.807) is 31.2 Å². The van der Waals surface area contributed by atoms with Crippen molar-refractivity contribution >= 4 is 39.6 Å². The second-order valence-electron chi connectivity index (χ2n) is 7.36. The Labute approximate surface area is 198 Å². The molecule has 2 N–H and O–H groups in total. The third-order valence-electron chi connectivity index (χ3n) is 5.39. The molecule has 3 aromatic heterocycles. The van der Waals surface area contributed by atoms with Gasteiger partial charge in [-0.25, -0.2) is 19.9 Å². The van der Waals surface area contributed by atoms with E-state index in [1.807, 2.05) is 41.0 Å². The number of para-hydroxylation sites is 1. The Hall–Kier alpha value is -4.12. The lowest BCUT2D eigenvalue weighted by Crippen LogP contribution is -2.23. The molecule has 0 radical (unpaired) electrons. The largest absolute Gasteiger partial charge is 0.497 e. The maximum absolute atomic E-state index is 13.0. The highest BCUT2D eigenvalue weighted by molar-refractivity contribution is 7.99. The van der Waals surface area contributed by atoms with Gasteiger partial charge >= 0.3 is 0 Å². The van der Waals surface area contributed by atoms with Crippen molar-refractivity contribution in [3.63, 3.8) is 0 Å². The minimum atomic E-state index is -0.104. The lowest BCUT2D eigenvalue weighted by Gasteiger charge is -2.12. The molecular weight excluding hydrogens is 454 g/mol. The average Bonchev–Trinajstić information content (AvgIpc) is 3.22. The highest BCUT2D eigenvalue weighted by Crippen LogP contribution is 2.38. The van der Waals surface area contributed by atoms with Crippen LogP contribution in [0.25, 0.3) is 22.1 Å². The fourth-order valence-electron chi connectivity index (χ4n) is 3.65. The van der Waals surface area contributed by atoms with E-state index in [4.69, 9.17) is 20.2 Å². The average molecular weight is 476 g/mol. The summed E-state index contributed by atoms with van der Waals surface area (Å²) in [5.74, 6) is 1.66. The van der Waals surface area contributed by atoms with Crippen LogP contribution in [0.4, 0.5) is 5.82 Å². The van der Waals surface area contributed by atoms with Crippen LogP contribution in [0.3, 0.4) is 0 Å². The molecule has 172 valence electrons. The van der Waals surface area contributed by atoms with Crippen molar-refractivity contribution in [2.75, 3.05) is 20.0 Å². The summed E-state index contributed by atoms with van der Waals surface area (Å²) in [5.41, 5.74) is 7.72. The van der Waals surface area contributed by atoms with E-state index in [1.165, 1.54) is 18.1 Å². The van der Waals surface area contributed by atoms with Gasteiger partial charge in [0.1, 0.15) is 17.8 Å². The summed E-state index contributed by atoms with van der Waals surface area (Å²) in [6, 6.07) is 12.8. The van der Waals surface area contributed by atoms with Crippen molar-refractivity contribution in [1.29, 1.82) is 0 Å². The molecule has 0 aliphatic heterocycles. The number of hydrogen-bond acceptors (Lipinski definition) is 9. The summed E-state index contributed by atoms with van der Waals surface area (Å²) >= 11 is 1.39. The number of hydrogen-bond donors (Lipinski definition) is 1. The Kier molecular flexibility index (Phi) is 5.76. The van der Waals surface area contributed by atoms with Crippen molar-refractivity contribution in [2.24, 2.45) is 0 Å². The SMILES string of the molecule is COc1ccc(OC)c(Sc2nc3c(N)ncnc3n2CCn2cnc3ccccc3c2=O)c1. The maximum Gasteiger partial charge on any atom is 0.261 e. The number of rotatable bonds is 7. The van der Waals surface area contributed by atoms with Crippen LogP contribution < -0.4 is 20.8 Å². The number of ether oxygens (including phenoxy) is 2. The molecule has 0 atom stereocenters. The van der Waals surface area contributed by atoms with Crippen LogP contribution in [0.15, 0.2) is 70.0 Å². The number of methoxy groups -OCH3 is 2. The maximum atomic E-state index is 13.0. The van der Waals surface area contributed by atoms with Gasteiger partial charge < -0.3 is 19.8 Å². The zero-order chi connectivity index (χ0) is 23.7. The summed E-state index contributed by atoms with van der Waals surface area (Å²) in [4.78, 5) is 31.3. The monoisotopic (exact) mass is 475 g/mol. The number of nitrogens with zero attached hydrogens (tertiary/aromatic N) is 6. The van der Waals surface area contributed by atoms with Crippen LogP contribution in [-0.2, 0) is 13.1 Å². The van der Waals surface area contributed by atoms with Crippen LogP contribution in [0, 0.1) is 0 Å². The van der Waals surface area contributed by atoms with Gasteiger partial charge in [-0.15, -0.1) is 0 Å². The number of benzene rings is 2. The molecular formula is C23H21N7O3S. The molecule has 0 spiro atoms. The lowest BCUT2D eigenvalue weighted by molar-refractivity contribution is 0.394. The van der Waals surface area contributed by atoms with Crippen LogP contribution in [0.2, 0.25) is 0 Å². The number of nitrogens with two attached hydrogens (primary N) is 1. The quantitative estimate of drug-likeness (QED) is 0.378. The van der Waals surface area contributed by atoms with E-state index in [0.29, 0.717) is 51.8 Å². The first-order valence-corrected chi connectivity index (χ1v) is 11.2. The Morgan fingerprint density at radius 3 is 2.71 bits per heavy atom. The van der Waals surface area contributed by atoms with Gasteiger partial charge in [0.05, 0.1) is 36.3 Å². The molecule has 0 bridgehead atoms. The highest BCUT2D eigenvalue weighted by Gasteiger charge is 2.18. The Balaban J connectivity index is 1.55. The van der Waals surface area contributed by atoms with Gasteiger partial charge in [0.2, 0.25) is 0 Å². The van der Waals surface area contributed by atoms with E-state index in [2.05, 4.69) is 15.0 Å². The molecule has 0 fully saturated rings. The van der Waals surface area contributed by atoms with Gasteiger partial charge in [-0.2, -0.15) is 0 Å². The summed E-state index contributed by atoms with van der Waals surface area (Å²) in [5, 5.41) is 1.21. The zero-order valence-corrected chi connectivity index (χ0v) is 19.3. The lowest BCUT2D eigenvalue weighted by atomic mass is 10.2. The third kappa shape index (κ3) is 3.90. The van der Waals surface area contributed by atoms with E-state index in [0.717, 1.165) is 4.90 Å². The van der Waals surface area contributed by atoms with E-state index >= 15 is 0 Å². The molecule has 34 heavy (non-hydrogen) atoms. The minimum Gasteiger partial charge on any atom is -0.497 e. The number of imidazole rings is 1. The molecule has 5 rings (SSSR count). The molecule has 3 heterocycles. The molecule has 5 aromatic rings. The normalized spacial score (nSPS) is 11.2. The zero-order valence-electron chi connectivity index (χ0n) is 18.5. The Morgan fingerprint density at radius 1 is 1.03 bits per heavy atom. The molecule has 2 aromatic carbocycles. The van der Waals surface area contributed by atoms with E-state index < -0.39 is 0 Å². The van der Waals surface area contributed by atoms with Crippen molar-refractivity contribution in [2.45, 2.75) is 23.1 Å². The summed E-state index contributed by atoms with van der Waals surface area (Å²) < 4.78 is 14.4. The van der Waals surface area contributed by atoms with Gasteiger partial charge in [0.25, 0.3) is 5.56 Å². The first-order chi connectivity index (χ1) is 16.6. The van der Waals surface area contributed by atoms with Crippen LogP contribution >= 0.6 is 11.8 Å². The Bertz CT molecular complexity index is 1560. The molecule has 0 aliphatic carbocycles. The standard InChI is InChI=1S/C23H21N7O3S/c1-32-14-7-8-17(33-2)18(11-14)34-23-28-19-20(24)25-12-26-21(19)30(23)10-9-29-13-27-16-6-4-3-5-15(16)22(29)31/h3-8,11-13H,9-10H2,1-2H3,(H2,24,25,26). The van der Waals surface area contributed by atoms with E-state index in [-0.39, 0.29) is 11.4 Å². The minimum absolute atomic E-state index is 0.104. The highest BCUT2D eigenvalue weighted by atomic mass is 32.2. The molecule has 0 unspecified atom stereocenters. The molecule has 10 nitrogen and oxygen atoms in total. The van der Waals surface area contributed by atoms with Crippen molar-refractivity contribution in [3.8, 4) is 11.5 Å². The summed E-state index contributed by atoms with van der Waals surface area (Å²) in [6.45, 7) is 0.788. The third-order valence-corrected chi connectivity index (χ3v) is 6.43. The number of aryl methyl sites for hydroxylation is 2. The summed E-state index contributed by atoms with van der Waals surface area (Å²) in [7, 11) is 3.22. The Morgan fingerprint density at radius 2 is 1.88 bits per heavy atom. The molecule has 0 aliphatic rings. The fourth-order valence-corrected chi connectivity index (χ4v) is 4.70. The number of nitrogen functional groups attached to an aromatic ring is 1. The smallest absolute Gasteiger partial charge is 0.261 e.